The molecule has 2 aliphatic heterocycles. The number of esters is 4. The van der Waals surface area contributed by atoms with Gasteiger partial charge in [0.2, 0.25) is 0 Å². The number of hydrogen-bond donors (Lipinski definition) is 4. The molecule has 2 fully saturated rings. The number of carbonyl (C=O) groups excluding carboxylic acids is 8. The summed E-state index contributed by atoms with van der Waals surface area (Å²) in [4.78, 5) is 82.3. The molecule has 0 amide bonds. The first kappa shape index (κ1) is 63.4. The second-order valence-corrected chi connectivity index (χ2v) is 18.3. The fourth-order valence-corrected chi connectivity index (χ4v) is 10.5. The van der Waals surface area contributed by atoms with E-state index in [0.717, 1.165) is 38.5 Å². The summed E-state index contributed by atoms with van der Waals surface area (Å²) in [5.74, 6) is -6.63. The number of hydrogen-bond acceptors (Lipinski definition) is 20. The summed E-state index contributed by atoms with van der Waals surface area (Å²) in [6, 6.07) is 43.8. The molecule has 390 valence electrons. The first-order valence-electron chi connectivity index (χ1n) is 22.6. The number of benzene rings is 4. The maximum atomic E-state index is 11.0. The predicted octanol–water partition coefficient (Wildman–Crippen LogP) is -3.85. The van der Waals surface area contributed by atoms with Gasteiger partial charge in [0.15, 0.2) is 0 Å². The van der Waals surface area contributed by atoms with Crippen molar-refractivity contribution >= 4 is 76.2 Å². The molecule has 72 heavy (non-hydrogen) atoms. The SMILES string of the molecule is O=C([O-])CNCC(=O)[O-].O=C([O-])CNCC(=O)[O-].O=C1CNCC(=O)OCCCCCO1.O=C1CNCC(=O)OCCCCCO1.[Co+3].c1ccc([P+](c2ccccc2)(c2ccccc2)c2ccccc2)cc1. The molecule has 0 saturated carbocycles. The van der Waals surface area contributed by atoms with Crippen molar-refractivity contribution in [3.05, 3.63) is 121 Å². The van der Waals surface area contributed by atoms with Crippen molar-refractivity contribution in [2.45, 2.75) is 38.5 Å². The third kappa shape index (κ3) is 28.3. The second kappa shape index (κ2) is 39.1. The van der Waals surface area contributed by atoms with Gasteiger partial charge in [-0.25, -0.2) is 0 Å². The van der Waals surface area contributed by atoms with Crippen LogP contribution in [0.1, 0.15) is 38.5 Å². The first-order chi connectivity index (χ1) is 34.2. The van der Waals surface area contributed by atoms with Crippen LogP contribution in [0.5, 0.6) is 0 Å². The van der Waals surface area contributed by atoms with Gasteiger partial charge in [-0.05, 0) is 87.1 Å². The number of carboxylic acid groups (broad SMARTS) is 4. The van der Waals surface area contributed by atoms with Crippen molar-refractivity contribution in [3.8, 4) is 0 Å². The molecule has 0 bridgehead atoms. The molecular weight excluding hydrogens is 1000 g/mol. The summed E-state index contributed by atoms with van der Waals surface area (Å²) < 4.78 is 19.6. The molecule has 0 spiro atoms. The number of carbonyl (C=O) groups is 8. The van der Waals surface area contributed by atoms with E-state index in [2.05, 4.69) is 143 Å². The number of rotatable bonds is 12. The van der Waals surface area contributed by atoms with E-state index in [1.54, 1.807) is 0 Å². The van der Waals surface area contributed by atoms with Crippen LogP contribution in [0.25, 0.3) is 0 Å². The molecule has 20 nitrogen and oxygen atoms in total. The van der Waals surface area contributed by atoms with Gasteiger partial charge >= 0.3 is 40.7 Å². The molecule has 2 saturated heterocycles. The molecule has 2 aliphatic rings. The van der Waals surface area contributed by atoms with E-state index in [4.69, 9.17) is 18.9 Å². The van der Waals surface area contributed by atoms with Crippen molar-refractivity contribution in [1.29, 1.82) is 0 Å². The van der Waals surface area contributed by atoms with Crippen LogP contribution >= 0.6 is 7.26 Å². The average molecular weight is 1060 g/mol. The normalized spacial score (nSPS) is 14.4. The van der Waals surface area contributed by atoms with Gasteiger partial charge in [-0.15, -0.1) is 0 Å². The molecule has 0 atom stereocenters. The van der Waals surface area contributed by atoms with E-state index >= 15 is 0 Å². The third-order valence-electron chi connectivity index (χ3n) is 9.36. The van der Waals surface area contributed by atoms with Crippen LogP contribution in [-0.4, -0.2) is 127 Å². The molecular formula is C50H60CoN4O16P. The predicted molar refractivity (Wildman–Crippen MR) is 254 cm³/mol. The summed E-state index contributed by atoms with van der Waals surface area (Å²) in [5, 5.41) is 53.4. The maximum absolute atomic E-state index is 11.0. The Labute approximate surface area is 429 Å². The number of aliphatic carboxylic acids is 4. The maximum Gasteiger partial charge on any atom is 3.00 e. The van der Waals surface area contributed by atoms with Gasteiger partial charge in [0, 0.05) is 26.2 Å². The molecule has 4 aromatic rings. The monoisotopic (exact) mass is 1060 g/mol. The molecule has 0 unspecified atom stereocenters. The van der Waals surface area contributed by atoms with Crippen LogP contribution in [0.2, 0.25) is 0 Å². The van der Waals surface area contributed by atoms with Crippen molar-refractivity contribution in [2.75, 3.05) is 78.8 Å². The molecule has 6 rings (SSSR count). The van der Waals surface area contributed by atoms with E-state index in [9.17, 15) is 58.8 Å². The van der Waals surface area contributed by atoms with Crippen molar-refractivity contribution in [2.24, 2.45) is 0 Å². The minimum Gasteiger partial charge on any atom is -0.549 e. The van der Waals surface area contributed by atoms with Crippen molar-refractivity contribution < 1.29 is 94.5 Å². The Hall–Kier alpha value is -6.58. The Morgan fingerprint density at radius 1 is 0.389 bits per heavy atom. The van der Waals surface area contributed by atoms with Gasteiger partial charge < -0.3 is 69.2 Å². The quantitative estimate of drug-likeness (QED) is 0.0600. The Morgan fingerprint density at radius 2 is 0.597 bits per heavy atom. The Morgan fingerprint density at radius 3 is 0.792 bits per heavy atom. The van der Waals surface area contributed by atoms with Gasteiger partial charge in [-0.2, -0.15) is 0 Å². The third-order valence-corrected chi connectivity index (χ3v) is 13.6. The first-order valence-corrected chi connectivity index (χ1v) is 24.4. The second-order valence-electron chi connectivity index (χ2n) is 14.9. The van der Waals surface area contributed by atoms with Crippen LogP contribution in [-0.2, 0) is 74.1 Å². The van der Waals surface area contributed by atoms with Gasteiger partial charge in [-0.3, -0.25) is 29.8 Å². The van der Waals surface area contributed by atoms with Crippen LogP contribution < -0.4 is 62.9 Å². The van der Waals surface area contributed by atoms with Gasteiger partial charge in [0.05, 0.1) is 76.5 Å². The van der Waals surface area contributed by atoms with E-state index in [0.29, 0.717) is 26.4 Å². The molecule has 4 N–H and O–H groups in total. The van der Waals surface area contributed by atoms with E-state index in [1.165, 1.54) is 21.2 Å². The van der Waals surface area contributed by atoms with Crippen molar-refractivity contribution in [1.82, 2.24) is 21.3 Å². The smallest absolute Gasteiger partial charge is 0.549 e. The zero-order chi connectivity index (χ0) is 52.0. The topological polar surface area (TPSA) is 314 Å². The van der Waals surface area contributed by atoms with E-state index < -0.39 is 57.3 Å². The molecule has 0 radical (unpaired) electrons. The van der Waals surface area contributed by atoms with E-state index in [-0.39, 0.29) is 66.8 Å². The largest absolute Gasteiger partial charge is 3.00 e. The fraction of sp³-hybridized carbons (Fsp3) is 0.360. The summed E-state index contributed by atoms with van der Waals surface area (Å²) in [7, 11) is -1.91. The number of cyclic esters (lactones) is 4. The average Bonchev–Trinajstić information content (AvgIpc) is 3.34. The number of nitrogens with one attached hydrogen (secondary N) is 4. The minimum atomic E-state index is -1.91. The van der Waals surface area contributed by atoms with Crippen molar-refractivity contribution in [3.63, 3.8) is 0 Å². The Bertz CT molecular complexity index is 1890. The zero-order valence-electron chi connectivity index (χ0n) is 39.6. The molecule has 4 aromatic carbocycles. The summed E-state index contributed by atoms with van der Waals surface area (Å²) >= 11 is 0. The fourth-order valence-electron chi connectivity index (χ4n) is 6.28. The van der Waals surface area contributed by atoms with Crippen LogP contribution in [0.15, 0.2) is 121 Å². The van der Waals surface area contributed by atoms with E-state index in [1.807, 2.05) is 0 Å². The van der Waals surface area contributed by atoms with Crippen LogP contribution in [0.4, 0.5) is 0 Å². The van der Waals surface area contributed by atoms with Gasteiger partial charge in [-0.1, -0.05) is 72.8 Å². The molecule has 2 heterocycles. The zero-order valence-corrected chi connectivity index (χ0v) is 41.5. The summed E-state index contributed by atoms with van der Waals surface area (Å²) in [6.07, 6.45) is 5.11. The van der Waals surface area contributed by atoms with Gasteiger partial charge in [0.1, 0.15) is 28.5 Å². The summed E-state index contributed by atoms with van der Waals surface area (Å²) in [5.41, 5.74) is 0. The summed E-state index contributed by atoms with van der Waals surface area (Å²) in [6.45, 7) is 0.212. The molecule has 22 heteroatoms. The number of carboxylic acids is 4. The van der Waals surface area contributed by atoms with Crippen LogP contribution in [0, 0.1) is 0 Å². The van der Waals surface area contributed by atoms with Gasteiger partial charge in [0.25, 0.3) is 0 Å². The Balaban J connectivity index is 0.000000480. The minimum absolute atomic E-state index is 0. The van der Waals surface area contributed by atoms with Crippen LogP contribution in [0.3, 0.4) is 0 Å². The molecule has 0 aliphatic carbocycles. The molecule has 0 aromatic heterocycles. The standard InChI is InChI=1S/C24H20P.2C9H15NO4.2C4H7NO4.Co/c1-5-13-21(14-6-1)25(22-15-7-2-8-16-22,23-17-9-3-10-18-23)24-19-11-4-12-20-24;2*11-8-6-10-7-9(12)14-5-3-1-2-4-13-8;2*6-3(7)1-5-2-4(8)9;/h1-20H;2*10H,1-7H2;2*5H,1-2H2,(H,6,7)(H,8,9);/q+1;;;;;+3/p-4. The number of ether oxygens (including phenoxy) is 4. The Kier molecular flexibility index (Phi) is 34.4.